The summed E-state index contributed by atoms with van der Waals surface area (Å²) in [5.41, 5.74) is -3.53. The van der Waals surface area contributed by atoms with Crippen LogP contribution in [0.15, 0.2) is 72.9 Å². The van der Waals surface area contributed by atoms with Gasteiger partial charge in [-0.3, -0.25) is 19.4 Å². The molecule has 6 heterocycles. The van der Waals surface area contributed by atoms with E-state index in [0.29, 0.717) is 106 Å². The Balaban J connectivity index is 1.05. The Morgan fingerprint density at radius 2 is 1.55 bits per heavy atom. The number of H-pyrrole nitrogens is 1. The summed E-state index contributed by atoms with van der Waals surface area (Å²) in [4.78, 5) is 68.4. The number of nitrogens with one attached hydrogen (secondary N) is 1. The van der Waals surface area contributed by atoms with Crippen molar-refractivity contribution < 1.29 is 53.1 Å². The Labute approximate surface area is 461 Å². The number of allylic oxidation sites excluding steroid dienone is 4. The number of carbonyl (C=O) groups excluding carboxylic acids is 4. The van der Waals surface area contributed by atoms with Crippen LogP contribution in [0.1, 0.15) is 152 Å². The standard InChI is InChI=1S/C63H86N4O11/c1-7-10-11-12-13-14-15-16-17-18-19-20-21-22-23-26-36-77-58(71)78-55-60(9-3)31-27-33-66-35-32-61(53(60)66)47-37-48(51(74-4)38-50(47)67(43-68)54(61)63(55,73)57(70)76-6)62(56(69)75-5)40-44-39-59(72,8-2)42-65(41-44)34-30-46-45-28-24-25-29-49(45)64-52(46)62/h13-14,16-17,24-25,27-29,31,37-38,43-44,53-55,64,72-73H,7-12,15,18-23,26,30,32-36,39-42H2,1-6H3/t44?,53-,54+,55+,59-,60+,61+,62-,63-/m0/s1. The van der Waals surface area contributed by atoms with E-state index in [9.17, 15) is 24.6 Å². The highest BCUT2D eigenvalue weighted by Gasteiger charge is 2.81. The zero-order valence-electron chi connectivity index (χ0n) is 47.2. The third kappa shape index (κ3) is 9.90. The molecular formula is C63H86N4O11. The minimum Gasteiger partial charge on any atom is -0.496 e. The molecule has 6 aliphatic rings. The molecule has 15 heteroatoms. The van der Waals surface area contributed by atoms with Crippen LogP contribution in [-0.4, -0.2) is 140 Å². The number of para-hydroxylation sites is 1. The number of unbranched alkanes of at least 4 members (excludes halogenated alkanes) is 9. The molecule has 424 valence electrons. The maximum atomic E-state index is 15.5. The minimum absolute atomic E-state index is 0.0971. The number of aromatic nitrogens is 1. The van der Waals surface area contributed by atoms with Crippen molar-refractivity contribution in [2.24, 2.45) is 11.3 Å². The normalized spacial score (nSPS) is 31.0. The second-order valence-corrected chi connectivity index (χ2v) is 23.3. The number of hydrogen-bond donors (Lipinski definition) is 3. The van der Waals surface area contributed by atoms with Gasteiger partial charge < -0.3 is 43.8 Å². The highest BCUT2D eigenvalue weighted by atomic mass is 16.7. The summed E-state index contributed by atoms with van der Waals surface area (Å²) >= 11 is 0. The number of aliphatic hydroxyl groups is 2. The Hall–Kier alpha value is -5.48. The first-order chi connectivity index (χ1) is 37.8. The number of fused-ring (bicyclic) bond motifs is 6. The highest BCUT2D eigenvalue weighted by Crippen LogP contribution is 2.68. The summed E-state index contributed by atoms with van der Waals surface area (Å²) in [6.45, 7) is 9.17. The number of rotatable bonds is 23. The van der Waals surface area contributed by atoms with Gasteiger partial charge in [-0.2, -0.15) is 0 Å². The van der Waals surface area contributed by atoms with Crippen molar-refractivity contribution in [2.75, 3.05) is 65.6 Å². The van der Waals surface area contributed by atoms with Gasteiger partial charge in [-0.05, 0) is 113 Å². The first-order valence-electron chi connectivity index (χ1n) is 29.3. The SMILES string of the molecule is CCCCCC=CCC=CCCCCCCCCOC(=O)O[C@@H]1[C@]2(CC)C=CCN3CC[C@@]4(c5cc([C@@]6(C(=O)OC)CC7CN(CCc8c6[nH]c6ccccc86)C[C@](O)(CC)C7)c(OC)cc5N(C=O)[C@H]4[C@@]1(O)C(=O)OC)[C@@H]32. The lowest BCUT2D eigenvalue weighted by atomic mass is 9.47. The van der Waals surface area contributed by atoms with Crippen LogP contribution < -0.4 is 9.64 Å². The number of amides is 1. The Morgan fingerprint density at radius 1 is 0.821 bits per heavy atom. The minimum atomic E-state index is -2.63. The van der Waals surface area contributed by atoms with Gasteiger partial charge in [-0.1, -0.05) is 114 Å². The summed E-state index contributed by atoms with van der Waals surface area (Å²) in [5.74, 6) is -1.45. The lowest BCUT2D eigenvalue weighted by molar-refractivity contribution is -0.221. The van der Waals surface area contributed by atoms with Crippen molar-refractivity contribution in [3.8, 4) is 5.75 Å². The number of methoxy groups -OCH3 is 3. The van der Waals surface area contributed by atoms with Crippen molar-refractivity contribution in [1.29, 1.82) is 0 Å². The van der Waals surface area contributed by atoms with Gasteiger partial charge in [-0.25, -0.2) is 9.59 Å². The van der Waals surface area contributed by atoms with Gasteiger partial charge in [0.05, 0.1) is 45.3 Å². The van der Waals surface area contributed by atoms with Gasteiger partial charge >= 0.3 is 18.1 Å². The van der Waals surface area contributed by atoms with Crippen molar-refractivity contribution in [3.63, 3.8) is 0 Å². The van der Waals surface area contributed by atoms with E-state index in [1.54, 1.807) is 6.07 Å². The molecule has 1 aromatic heterocycles. The highest BCUT2D eigenvalue weighted by molar-refractivity contribution is 5.96. The van der Waals surface area contributed by atoms with Gasteiger partial charge in [0.2, 0.25) is 12.0 Å². The lowest BCUT2D eigenvalue weighted by Crippen LogP contribution is -2.81. The smallest absolute Gasteiger partial charge is 0.496 e. The van der Waals surface area contributed by atoms with Crippen LogP contribution >= 0.6 is 0 Å². The van der Waals surface area contributed by atoms with Crippen molar-refractivity contribution in [1.82, 2.24) is 14.8 Å². The van der Waals surface area contributed by atoms with Gasteiger partial charge in [0.1, 0.15) is 11.2 Å². The summed E-state index contributed by atoms with van der Waals surface area (Å²) in [5, 5.41) is 26.8. The Bertz CT molecular complexity index is 2740. The molecule has 10 atom stereocenters. The molecular weight excluding hydrogens is 989 g/mol. The molecule has 1 saturated carbocycles. The number of aromatic amines is 1. The molecule has 2 bridgehead atoms. The fraction of sp³-hybridized carbons (Fsp3) is 0.619. The first-order valence-corrected chi connectivity index (χ1v) is 29.3. The third-order valence-corrected chi connectivity index (χ3v) is 19.0. The number of piperidine rings is 1. The maximum absolute atomic E-state index is 15.5. The van der Waals surface area contributed by atoms with Crippen molar-refractivity contribution in [3.05, 3.63) is 95.2 Å². The molecule has 15 nitrogen and oxygen atoms in total. The third-order valence-electron chi connectivity index (χ3n) is 19.0. The Morgan fingerprint density at radius 3 is 2.26 bits per heavy atom. The molecule has 9 rings (SSSR count). The number of anilines is 1. The average Bonchev–Trinajstić information content (AvgIpc) is 4.13. The van der Waals surface area contributed by atoms with Crippen LogP contribution in [0.3, 0.4) is 0 Å². The topological polar surface area (TPSA) is 180 Å². The molecule has 3 aromatic rings. The molecule has 3 fully saturated rings. The summed E-state index contributed by atoms with van der Waals surface area (Å²) in [7, 11) is 4.12. The molecule has 5 aliphatic heterocycles. The van der Waals surface area contributed by atoms with Crippen LogP contribution in [-0.2, 0) is 50.6 Å². The van der Waals surface area contributed by atoms with E-state index in [-0.39, 0.29) is 18.9 Å². The largest absolute Gasteiger partial charge is 0.508 e. The average molecular weight is 1080 g/mol. The number of nitrogens with zero attached hydrogens (tertiary/aromatic N) is 3. The number of benzene rings is 2. The fourth-order valence-electron chi connectivity index (χ4n) is 15.6. The zero-order chi connectivity index (χ0) is 55.3. The Kier molecular flexibility index (Phi) is 17.7. The molecule has 2 saturated heterocycles. The fourth-order valence-corrected chi connectivity index (χ4v) is 15.6. The number of carbonyl (C=O) groups is 4. The molecule has 2 unspecified atom stereocenters. The summed E-state index contributed by atoms with van der Waals surface area (Å²) in [6.07, 6.45) is 26.4. The van der Waals surface area contributed by atoms with E-state index < -0.39 is 63.7 Å². The van der Waals surface area contributed by atoms with Crippen LogP contribution in [0.25, 0.3) is 10.9 Å². The molecule has 2 aromatic carbocycles. The molecule has 78 heavy (non-hydrogen) atoms. The van der Waals surface area contributed by atoms with E-state index in [0.717, 1.165) is 67.8 Å². The van der Waals surface area contributed by atoms with Gasteiger partial charge in [0, 0.05) is 71.3 Å². The number of ether oxygens (including phenoxy) is 5. The first kappa shape index (κ1) is 57.2. The predicted octanol–water partition coefficient (Wildman–Crippen LogP) is 9.92. The molecule has 1 aliphatic carbocycles. The van der Waals surface area contributed by atoms with E-state index in [2.05, 4.69) is 52.1 Å². The van der Waals surface area contributed by atoms with Crippen LogP contribution in [0.2, 0.25) is 0 Å². The number of esters is 2. The van der Waals surface area contributed by atoms with Crippen molar-refractivity contribution >= 4 is 41.1 Å². The quantitative estimate of drug-likeness (QED) is 0.0269. The molecule has 3 N–H and O–H groups in total. The lowest BCUT2D eigenvalue weighted by Gasteiger charge is -2.63. The van der Waals surface area contributed by atoms with Gasteiger partial charge in [0.15, 0.2) is 6.10 Å². The van der Waals surface area contributed by atoms with Crippen molar-refractivity contribution in [2.45, 2.75) is 177 Å². The molecule has 1 amide bonds. The molecule has 0 radical (unpaired) electrons. The van der Waals surface area contributed by atoms with Crippen LogP contribution in [0.5, 0.6) is 5.75 Å². The maximum Gasteiger partial charge on any atom is 0.508 e. The van der Waals surface area contributed by atoms with Crippen LogP contribution in [0.4, 0.5) is 10.5 Å². The summed E-state index contributed by atoms with van der Waals surface area (Å²) in [6, 6.07) is 9.88. The van der Waals surface area contributed by atoms with Gasteiger partial charge in [-0.15, -0.1) is 0 Å². The van der Waals surface area contributed by atoms with E-state index >= 15 is 4.79 Å². The van der Waals surface area contributed by atoms with Crippen LogP contribution in [0, 0.1) is 11.3 Å². The second kappa shape index (κ2) is 24.1. The monoisotopic (exact) mass is 1070 g/mol. The van der Waals surface area contributed by atoms with E-state index in [1.165, 1.54) is 45.5 Å². The van der Waals surface area contributed by atoms with Gasteiger partial charge in [0.25, 0.3) is 0 Å². The van der Waals surface area contributed by atoms with E-state index in [1.807, 2.05) is 50.3 Å². The molecule has 1 spiro atoms. The summed E-state index contributed by atoms with van der Waals surface area (Å²) < 4.78 is 30.1. The zero-order valence-corrected chi connectivity index (χ0v) is 47.2. The second-order valence-electron chi connectivity index (χ2n) is 23.3. The predicted molar refractivity (Wildman–Crippen MR) is 301 cm³/mol. The van der Waals surface area contributed by atoms with E-state index in [4.69, 9.17) is 23.7 Å². The number of hydrogen-bond acceptors (Lipinski definition) is 13.